The van der Waals surface area contributed by atoms with Crippen LogP contribution < -0.4 is 15.4 Å². The first kappa shape index (κ1) is 14.2. The summed E-state index contributed by atoms with van der Waals surface area (Å²) in [5.41, 5.74) is 0.811. The molecule has 3 N–H and O–H groups in total. The van der Waals surface area contributed by atoms with Crippen molar-refractivity contribution in [3.05, 3.63) is 29.8 Å². The van der Waals surface area contributed by atoms with E-state index in [4.69, 9.17) is 4.74 Å². The van der Waals surface area contributed by atoms with E-state index in [1.165, 1.54) is 0 Å². The quantitative estimate of drug-likeness (QED) is 0.797. The molecular formula is C16H22N2O3. The zero-order chi connectivity index (χ0) is 14.9. The van der Waals surface area contributed by atoms with Crippen molar-refractivity contribution in [2.75, 3.05) is 13.2 Å². The highest BCUT2D eigenvalue weighted by Crippen LogP contribution is 2.37. The van der Waals surface area contributed by atoms with Gasteiger partial charge < -0.3 is 20.5 Å². The van der Waals surface area contributed by atoms with Gasteiger partial charge in [-0.15, -0.1) is 0 Å². The Bertz CT molecular complexity index is 534. The number of hydrogen-bond acceptors (Lipinski definition) is 3. The summed E-state index contributed by atoms with van der Waals surface area (Å²) in [7, 11) is 0. The van der Waals surface area contributed by atoms with Gasteiger partial charge in [0.15, 0.2) is 0 Å². The maximum atomic E-state index is 12.2. The summed E-state index contributed by atoms with van der Waals surface area (Å²) in [6.45, 7) is 2.60. The standard InChI is InChI=1S/C16H22N2O3/c1-16(10-19)8-4-7-14(16)18-15(20)17-12-9-21-13-6-3-2-5-11(12)13/h2-3,5-6,12,14,19H,4,7-10H2,1H3,(H2,17,18,20). The van der Waals surface area contributed by atoms with Gasteiger partial charge >= 0.3 is 6.03 Å². The Balaban J connectivity index is 1.61. The van der Waals surface area contributed by atoms with Crippen LogP contribution in [0.25, 0.3) is 0 Å². The Morgan fingerprint density at radius 3 is 3.05 bits per heavy atom. The number of carbonyl (C=O) groups excluding carboxylic acids is 1. The van der Waals surface area contributed by atoms with Crippen LogP contribution in [0.15, 0.2) is 24.3 Å². The summed E-state index contributed by atoms with van der Waals surface area (Å²) >= 11 is 0. The molecule has 0 spiro atoms. The van der Waals surface area contributed by atoms with Gasteiger partial charge in [-0.2, -0.15) is 0 Å². The maximum absolute atomic E-state index is 12.2. The highest BCUT2D eigenvalue weighted by atomic mass is 16.5. The molecule has 1 aromatic rings. The Labute approximate surface area is 124 Å². The maximum Gasteiger partial charge on any atom is 0.315 e. The fraction of sp³-hybridized carbons (Fsp3) is 0.562. The lowest BCUT2D eigenvalue weighted by Crippen LogP contribution is -2.49. The fourth-order valence-corrected chi connectivity index (χ4v) is 3.31. The highest BCUT2D eigenvalue weighted by molar-refractivity contribution is 5.75. The molecule has 114 valence electrons. The Morgan fingerprint density at radius 2 is 2.24 bits per heavy atom. The summed E-state index contributed by atoms with van der Waals surface area (Å²) in [4.78, 5) is 12.2. The lowest BCUT2D eigenvalue weighted by Gasteiger charge is -2.30. The molecule has 1 aliphatic heterocycles. The molecular weight excluding hydrogens is 268 g/mol. The van der Waals surface area contributed by atoms with Gasteiger partial charge in [0.05, 0.1) is 12.6 Å². The van der Waals surface area contributed by atoms with E-state index in [0.717, 1.165) is 30.6 Å². The number of nitrogens with one attached hydrogen (secondary N) is 2. The van der Waals surface area contributed by atoms with Crippen molar-refractivity contribution in [1.82, 2.24) is 10.6 Å². The first-order valence-electron chi connectivity index (χ1n) is 7.52. The molecule has 5 heteroatoms. The molecule has 0 bridgehead atoms. The third-order valence-electron chi connectivity index (χ3n) is 4.75. The van der Waals surface area contributed by atoms with Gasteiger partial charge in [0.1, 0.15) is 12.4 Å². The number of benzene rings is 1. The van der Waals surface area contributed by atoms with Crippen molar-refractivity contribution < 1.29 is 14.6 Å². The van der Waals surface area contributed by atoms with Crippen molar-refractivity contribution in [2.45, 2.75) is 38.3 Å². The van der Waals surface area contributed by atoms with Crippen LogP contribution in [-0.4, -0.2) is 30.4 Å². The van der Waals surface area contributed by atoms with E-state index in [2.05, 4.69) is 10.6 Å². The van der Waals surface area contributed by atoms with Crippen LogP contribution in [0.3, 0.4) is 0 Å². The second-order valence-corrected chi connectivity index (χ2v) is 6.28. The topological polar surface area (TPSA) is 70.6 Å². The van der Waals surface area contributed by atoms with E-state index in [-0.39, 0.29) is 30.1 Å². The molecule has 5 nitrogen and oxygen atoms in total. The summed E-state index contributed by atoms with van der Waals surface area (Å²) in [6, 6.07) is 7.48. The molecule has 1 aliphatic carbocycles. The average molecular weight is 290 g/mol. The summed E-state index contributed by atoms with van der Waals surface area (Å²) < 4.78 is 5.56. The molecule has 1 saturated carbocycles. The third-order valence-corrected chi connectivity index (χ3v) is 4.75. The van der Waals surface area contributed by atoms with Crippen molar-refractivity contribution in [2.24, 2.45) is 5.41 Å². The van der Waals surface area contributed by atoms with E-state index in [0.29, 0.717) is 6.61 Å². The number of hydrogen-bond donors (Lipinski definition) is 3. The molecule has 2 amide bonds. The predicted molar refractivity (Wildman–Crippen MR) is 79.2 cm³/mol. The predicted octanol–water partition coefficient (Wildman–Crippen LogP) is 1.97. The summed E-state index contributed by atoms with van der Waals surface area (Å²) in [5.74, 6) is 0.837. The van der Waals surface area contributed by atoms with Gasteiger partial charge in [0.25, 0.3) is 0 Å². The van der Waals surface area contributed by atoms with E-state index in [1.807, 2.05) is 31.2 Å². The van der Waals surface area contributed by atoms with Gasteiger partial charge in [-0.25, -0.2) is 4.79 Å². The number of urea groups is 1. The van der Waals surface area contributed by atoms with Crippen LogP contribution >= 0.6 is 0 Å². The number of carbonyl (C=O) groups is 1. The lowest BCUT2D eigenvalue weighted by atomic mass is 9.86. The Morgan fingerprint density at radius 1 is 1.43 bits per heavy atom. The lowest BCUT2D eigenvalue weighted by molar-refractivity contribution is 0.120. The highest BCUT2D eigenvalue weighted by Gasteiger charge is 2.39. The zero-order valence-electron chi connectivity index (χ0n) is 12.3. The second-order valence-electron chi connectivity index (χ2n) is 6.28. The average Bonchev–Trinajstić information content (AvgIpc) is 3.05. The van der Waals surface area contributed by atoms with Crippen molar-refractivity contribution in [3.8, 4) is 5.75 Å². The van der Waals surface area contributed by atoms with E-state index in [1.54, 1.807) is 0 Å². The molecule has 1 fully saturated rings. The molecule has 0 aromatic heterocycles. The van der Waals surface area contributed by atoms with Crippen LogP contribution in [0.5, 0.6) is 5.75 Å². The van der Waals surface area contributed by atoms with Gasteiger partial charge in [0.2, 0.25) is 0 Å². The first-order valence-corrected chi connectivity index (χ1v) is 7.52. The molecule has 2 aliphatic rings. The van der Waals surface area contributed by atoms with Crippen LogP contribution in [0.1, 0.15) is 37.8 Å². The second kappa shape index (κ2) is 5.56. The molecule has 0 radical (unpaired) electrons. The van der Waals surface area contributed by atoms with Gasteiger partial charge in [-0.05, 0) is 18.9 Å². The minimum absolute atomic E-state index is 0.0278. The molecule has 3 unspecified atom stereocenters. The molecule has 3 atom stereocenters. The first-order chi connectivity index (χ1) is 10.1. The van der Waals surface area contributed by atoms with Crippen molar-refractivity contribution in [1.29, 1.82) is 0 Å². The van der Waals surface area contributed by atoms with Crippen molar-refractivity contribution >= 4 is 6.03 Å². The number of ether oxygens (including phenoxy) is 1. The number of aliphatic hydroxyl groups excluding tert-OH is 1. The van der Waals surface area contributed by atoms with Crippen LogP contribution in [0.2, 0.25) is 0 Å². The van der Waals surface area contributed by atoms with E-state index in [9.17, 15) is 9.90 Å². The van der Waals surface area contributed by atoms with E-state index >= 15 is 0 Å². The SMILES string of the molecule is CC1(CO)CCCC1NC(=O)NC1COc2ccccc21. The summed E-state index contributed by atoms with van der Waals surface area (Å²) in [5, 5.41) is 15.5. The fourth-order valence-electron chi connectivity index (χ4n) is 3.31. The zero-order valence-corrected chi connectivity index (χ0v) is 12.3. The number of rotatable bonds is 3. The Kier molecular flexibility index (Phi) is 3.76. The summed E-state index contributed by atoms with van der Waals surface area (Å²) in [6.07, 6.45) is 2.91. The number of para-hydroxylation sites is 1. The molecule has 1 heterocycles. The van der Waals surface area contributed by atoms with Gasteiger partial charge in [-0.1, -0.05) is 31.5 Å². The molecule has 0 saturated heterocycles. The smallest absolute Gasteiger partial charge is 0.315 e. The normalized spacial score (nSPS) is 30.6. The van der Waals surface area contributed by atoms with E-state index < -0.39 is 0 Å². The Hall–Kier alpha value is -1.75. The number of amides is 2. The number of aliphatic hydroxyl groups is 1. The van der Waals surface area contributed by atoms with Crippen molar-refractivity contribution in [3.63, 3.8) is 0 Å². The van der Waals surface area contributed by atoms with Crippen LogP contribution in [-0.2, 0) is 0 Å². The minimum atomic E-state index is -0.207. The van der Waals surface area contributed by atoms with Gasteiger partial charge in [-0.3, -0.25) is 0 Å². The molecule has 3 rings (SSSR count). The monoisotopic (exact) mass is 290 g/mol. The largest absolute Gasteiger partial charge is 0.491 e. The molecule has 1 aromatic carbocycles. The van der Waals surface area contributed by atoms with Crippen LogP contribution in [0, 0.1) is 5.41 Å². The molecule has 21 heavy (non-hydrogen) atoms. The number of fused-ring (bicyclic) bond motifs is 1. The van der Waals surface area contributed by atoms with Gasteiger partial charge in [0, 0.05) is 17.0 Å². The minimum Gasteiger partial charge on any atom is -0.491 e. The third kappa shape index (κ3) is 2.70. The van der Waals surface area contributed by atoms with Crippen LogP contribution in [0.4, 0.5) is 4.79 Å².